The topological polar surface area (TPSA) is 72.5 Å². The summed E-state index contributed by atoms with van der Waals surface area (Å²) in [5.41, 5.74) is 0.836. The summed E-state index contributed by atoms with van der Waals surface area (Å²) in [5, 5.41) is 0.131. The highest BCUT2D eigenvalue weighted by atomic mass is 35.5. The maximum absolute atomic E-state index is 12.5. The molecule has 0 aliphatic rings. The zero-order valence-electron chi connectivity index (χ0n) is 12.6. The number of nitrogens with one attached hydrogen (secondary N) is 1. The first-order valence-corrected chi connectivity index (χ1v) is 8.66. The van der Waals surface area contributed by atoms with Crippen LogP contribution in [-0.2, 0) is 14.8 Å². The quantitative estimate of drug-likeness (QED) is 0.838. The number of ether oxygens (including phenoxy) is 1. The number of methoxy groups -OCH3 is 1. The van der Waals surface area contributed by atoms with Crippen LogP contribution in [-0.4, -0.2) is 21.5 Å². The third-order valence-corrected chi connectivity index (χ3v) is 5.15. The third kappa shape index (κ3) is 4.10. The third-order valence-electron chi connectivity index (χ3n) is 3.28. The maximum atomic E-state index is 12.5. The van der Waals surface area contributed by atoms with Crippen LogP contribution in [0.1, 0.15) is 28.9 Å². The van der Waals surface area contributed by atoms with E-state index in [2.05, 4.69) is 9.46 Å². The van der Waals surface area contributed by atoms with Crippen LogP contribution in [0.4, 0.5) is 0 Å². The van der Waals surface area contributed by atoms with Gasteiger partial charge in [-0.3, -0.25) is 0 Å². The first-order chi connectivity index (χ1) is 10.8. The van der Waals surface area contributed by atoms with E-state index < -0.39 is 22.0 Å². The first kappa shape index (κ1) is 17.5. The van der Waals surface area contributed by atoms with Gasteiger partial charge >= 0.3 is 5.97 Å². The molecule has 1 N–H and O–H groups in total. The zero-order valence-corrected chi connectivity index (χ0v) is 14.2. The van der Waals surface area contributed by atoms with E-state index in [1.165, 1.54) is 25.3 Å². The molecule has 0 spiro atoms. The van der Waals surface area contributed by atoms with E-state index in [1.807, 2.05) is 30.3 Å². The first-order valence-electron chi connectivity index (χ1n) is 6.80. The molecule has 23 heavy (non-hydrogen) atoms. The number of rotatable bonds is 5. The molecule has 0 fully saturated rings. The van der Waals surface area contributed by atoms with Crippen LogP contribution in [0.25, 0.3) is 0 Å². The van der Waals surface area contributed by atoms with E-state index in [9.17, 15) is 13.2 Å². The Balaban J connectivity index is 2.31. The lowest BCUT2D eigenvalue weighted by Crippen LogP contribution is -2.27. The van der Waals surface area contributed by atoms with Crippen LogP contribution in [0, 0.1) is 0 Å². The van der Waals surface area contributed by atoms with Crippen LogP contribution in [0.5, 0.6) is 0 Å². The molecule has 5 nitrogen and oxygen atoms in total. The van der Waals surface area contributed by atoms with Gasteiger partial charge in [-0.15, -0.1) is 0 Å². The molecule has 2 rings (SSSR count). The number of hydrogen-bond donors (Lipinski definition) is 1. The van der Waals surface area contributed by atoms with Crippen LogP contribution in [0.15, 0.2) is 53.4 Å². The van der Waals surface area contributed by atoms with Crippen LogP contribution in [0.2, 0.25) is 5.02 Å². The molecule has 7 heteroatoms. The minimum Gasteiger partial charge on any atom is -0.465 e. The van der Waals surface area contributed by atoms with Crippen molar-refractivity contribution in [1.29, 1.82) is 0 Å². The molecule has 0 aromatic heterocycles. The van der Waals surface area contributed by atoms with Gasteiger partial charge in [0.2, 0.25) is 10.0 Å². The number of halogens is 1. The van der Waals surface area contributed by atoms with E-state index in [0.29, 0.717) is 0 Å². The summed E-state index contributed by atoms with van der Waals surface area (Å²) in [6.45, 7) is 1.74. The standard InChI is InChI=1S/C16H16ClNO4S/c1-11(12-6-4-3-5-7-12)18-23(20,21)13-8-9-15(17)14(10-13)16(19)22-2/h3-11,18H,1-2H3/t11-/m0/s1. The zero-order chi connectivity index (χ0) is 17.0. The molecule has 0 aliphatic carbocycles. The fourth-order valence-corrected chi connectivity index (χ4v) is 3.50. The van der Waals surface area contributed by atoms with Gasteiger partial charge in [0.1, 0.15) is 0 Å². The molecule has 122 valence electrons. The highest BCUT2D eigenvalue weighted by Gasteiger charge is 2.21. The second-order valence-corrected chi connectivity index (χ2v) is 7.01. The van der Waals surface area contributed by atoms with Crippen molar-refractivity contribution in [3.8, 4) is 0 Å². The lowest BCUT2D eigenvalue weighted by molar-refractivity contribution is 0.0600. The lowest BCUT2D eigenvalue weighted by atomic mass is 10.1. The van der Waals surface area contributed by atoms with Gasteiger partial charge in [0.15, 0.2) is 0 Å². The smallest absolute Gasteiger partial charge is 0.339 e. The molecular formula is C16H16ClNO4S. The van der Waals surface area contributed by atoms with E-state index in [4.69, 9.17) is 11.6 Å². The van der Waals surface area contributed by atoms with Gasteiger partial charge < -0.3 is 4.74 Å². The number of esters is 1. The van der Waals surface area contributed by atoms with E-state index in [-0.39, 0.29) is 15.5 Å². The van der Waals surface area contributed by atoms with Gasteiger partial charge in [0.05, 0.1) is 22.6 Å². The van der Waals surface area contributed by atoms with Crippen molar-refractivity contribution in [3.63, 3.8) is 0 Å². The summed E-state index contributed by atoms with van der Waals surface area (Å²) in [6, 6.07) is 12.7. The second kappa shape index (κ2) is 7.12. The van der Waals surface area contributed by atoms with Gasteiger partial charge in [-0.25, -0.2) is 17.9 Å². The normalized spacial score (nSPS) is 12.7. The van der Waals surface area contributed by atoms with Crippen LogP contribution in [0.3, 0.4) is 0 Å². The minimum atomic E-state index is -3.81. The van der Waals surface area contributed by atoms with Crippen molar-refractivity contribution in [1.82, 2.24) is 4.72 Å². The summed E-state index contributed by atoms with van der Waals surface area (Å²) in [7, 11) is -2.60. The van der Waals surface area contributed by atoms with Gasteiger partial charge in [0.25, 0.3) is 0 Å². The molecule has 2 aromatic carbocycles. The summed E-state index contributed by atoms with van der Waals surface area (Å²) < 4.78 is 32.1. The van der Waals surface area contributed by atoms with Crippen molar-refractivity contribution < 1.29 is 17.9 Å². The van der Waals surface area contributed by atoms with Crippen molar-refractivity contribution in [2.45, 2.75) is 17.9 Å². The Morgan fingerprint density at radius 3 is 2.43 bits per heavy atom. The molecule has 0 radical (unpaired) electrons. The Morgan fingerprint density at radius 1 is 1.17 bits per heavy atom. The van der Waals surface area contributed by atoms with Crippen LogP contribution < -0.4 is 4.72 Å². The molecule has 0 bridgehead atoms. The Labute approximate surface area is 140 Å². The van der Waals surface area contributed by atoms with E-state index in [0.717, 1.165) is 5.56 Å². The molecule has 0 saturated carbocycles. The van der Waals surface area contributed by atoms with Gasteiger partial charge in [-0.05, 0) is 30.7 Å². The number of benzene rings is 2. The molecule has 0 amide bonds. The van der Waals surface area contributed by atoms with Crippen molar-refractivity contribution in [2.24, 2.45) is 0 Å². The summed E-state index contributed by atoms with van der Waals surface area (Å²) in [4.78, 5) is 11.6. The molecular weight excluding hydrogens is 338 g/mol. The largest absolute Gasteiger partial charge is 0.465 e. The second-order valence-electron chi connectivity index (χ2n) is 4.89. The van der Waals surface area contributed by atoms with Crippen molar-refractivity contribution >= 4 is 27.6 Å². The summed E-state index contributed by atoms with van der Waals surface area (Å²) in [5.74, 6) is -0.692. The number of carbonyl (C=O) groups is 1. The van der Waals surface area contributed by atoms with Gasteiger partial charge in [0, 0.05) is 6.04 Å². The van der Waals surface area contributed by atoms with Crippen molar-refractivity contribution in [2.75, 3.05) is 7.11 Å². The minimum absolute atomic E-state index is 0.00408. The number of sulfonamides is 1. The average molecular weight is 354 g/mol. The molecule has 0 heterocycles. The van der Waals surface area contributed by atoms with E-state index in [1.54, 1.807) is 6.92 Å². The molecule has 2 aromatic rings. The molecule has 0 saturated heterocycles. The Kier molecular flexibility index (Phi) is 5.41. The predicted octanol–water partition coefficient (Wildman–Crippen LogP) is 3.17. The Morgan fingerprint density at radius 2 is 1.83 bits per heavy atom. The van der Waals surface area contributed by atoms with Gasteiger partial charge in [-0.1, -0.05) is 41.9 Å². The summed E-state index contributed by atoms with van der Waals surface area (Å²) >= 11 is 5.91. The van der Waals surface area contributed by atoms with Gasteiger partial charge in [-0.2, -0.15) is 0 Å². The monoisotopic (exact) mass is 353 g/mol. The highest BCUT2D eigenvalue weighted by Crippen LogP contribution is 2.23. The maximum Gasteiger partial charge on any atom is 0.339 e. The predicted molar refractivity (Wildman–Crippen MR) is 88.0 cm³/mol. The van der Waals surface area contributed by atoms with Crippen molar-refractivity contribution in [3.05, 3.63) is 64.7 Å². The Bertz CT molecular complexity index is 806. The van der Waals surface area contributed by atoms with Crippen LogP contribution >= 0.6 is 11.6 Å². The fourth-order valence-electron chi connectivity index (χ4n) is 2.05. The molecule has 0 aliphatic heterocycles. The summed E-state index contributed by atoms with van der Waals surface area (Å²) in [6.07, 6.45) is 0. The Hall–Kier alpha value is -1.89. The molecule has 0 unspecified atom stereocenters. The SMILES string of the molecule is COC(=O)c1cc(S(=O)(=O)N[C@@H](C)c2ccccc2)ccc1Cl. The lowest BCUT2D eigenvalue weighted by Gasteiger charge is -2.15. The van der Waals surface area contributed by atoms with E-state index >= 15 is 0 Å². The fraction of sp³-hybridized carbons (Fsp3) is 0.188. The average Bonchev–Trinajstić information content (AvgIpc) is 2.54. The highest BCUT2D eigenvalue weighted by molar-refractivity contribution is 7.89. The number of hydrogen-bond acceptors (Lipinski definition) is 4. The number of carbonyl (C=O) groups excluding carboxylic acids is 1. The molecule has 1 atom stereocenters.